The molecule has 1 aliphatic heterocycles. The molecule has 19 heavy (non-hydrogen) atoms. The SMILES string of the molecule is CC(C)N1CCC(NC(=O)c2cccnc2F)CC1. The molecule has 1 aliphatic rings. The Bertz CT molecular complexity index is 442. The van der Waals surface area contributed by atoms with Crippen LogP contribution in [0.25, 0.3) is 0 Å². The van der Waals surface area contributed by atoms with Gasteiger partial charge in [0, 0.05) is 31.4 Å². The van der Waals surface area contributed by atoms with Crippen LogP contribution in [0.15, 0.2) is 18.3 Å². The second-order valence-corrected chi connectivity index (χ2v) is 5.22. The van der Waals surface area contributed by atoms with Gasteiger partial charge in [0.05, 0.1) is 5.56 Å². The third-order valence-corrected chi connectivity index (χ3v) is 3.60. The number of pyridine rings is 1. The zero-order valence-electron chi connectivity index (χ0n) is 11.4. The summed E-state index contributed by atoms with van der Waals surface area (Å²) in [5, 5.41) is 2.89. The van der Waals surface area contributed by atoms with Crippen molar-refractivity contribution in [3.63, 3.8) is 0 Å². The van der Waals surface area contributed by atoms with E-state index in [4.69, 9.17) is 0 Å². The van der Waals surface area contributed by atoms with Gasteiger partial charge in [0.2, 0.25) is 5.95 Å². The zero-order valence-corrected chi connectivity index (χ0v) is 11.4. The van der Waals surface area contributed by atoms with Crippen LogP contribution in [0.5, 0.6) is 0 Å². The molecule has 0 aliphatic carbocycles. The number of rotatable bonds is 3. The number of carbonyl (C=O) groups excluding carboxylic acids is 1. The van der Waals surface area contributed by atoms with Crippen molar-refractivity contribution in [2.24, 2.45) is 0 Å². The predicted molar refractivity (Wildman–Crippen MR) is 71.4 cm³/mol. The normalized spacial score (nSPS) is 17.7. The van der Waals surface area contributed by atoms with E-state index in [0.29, 0.717) is 6.04 Å². The minimum atomic E-state index is -0.709. The molecule has 0 atom stereocenters. The molecule has 2 heterocycles. The number of halogens is 1. The lowest BCUT2D eigenvalue weighted by atomic mass is 10.0. The van der Waals surface area contributed by atoms with Crippen LogP contribution in [0.4, 0.5) is 4.39 Å². The van der Waals surface area contributed by atoms with E-state index in [-0.39, 0.29) is 17.5 Å². The van der Waals surface area contributed by atoms with Crippen molar-refractivity contribution in [1.82, 2.24) is 15.2 Å². The summed E-state index contributed by atoms with van der Waals surface area (Å²) >= 11 is 0. The average Bonchev–Trinajstić information content (AvgIpc) is 2.39. The van der Waals surface area contributed by atoms with Crippen LogP contribution < -0.4 is 5.32 Å². The Labute approximate surface area is 113 Å². The largest absolute Gasteiger partial charge is 0.349 e. The molecule has 1 N–H and O–H groups in total. The Morgan fingerprint density at radius 3 is 2.74 bits per heavy atom. The van der Waals surface area contributed by atoms with E-state index in [1.807, 2.05) is 0 Å². The first kappa shape index (κ1) is 13.9. The van der Waals surface area contributed by atoms with Gasteiger partial charge in [-0.25, -0.2) is 4.98 Å². The van der Waals surface area contributed by atoms with E-state index in [9.17, 15) is 9.18 Å². The van der Waals surface area contributed by atoms with Gasteiger partial charge in [-0.3, -0.25) is 4.79 Å². The molecular weight excluding hydrogens is 245 g/mol. The highest BCUT2D eigenvalue weighted by Crippen LogP contribution is 2.14. The molecule has 0 spiro atoms. The van der Waals surface area contributed by atoms with E-state index in [0.717, 1.165) is 25.9 Å². The van der Waals surface area contributed by atoms with Crippen molar-refractivity contribution in [3.8, 4) is 0 Å². The molecule has 1 fully saturated rings. The number of carbonyl (C=O) groups is 1. The van der Waals surface area contributed by atoms with Gasteiger partial charge in [-0.05, 0) is 38.8 Å². The number of hydrogen-bond acceptors (Lipinski definition) is 3. The zero-order chi connectivity index (χ0) is 13.8. The number of piperidine rings is 1. The average molecular weight is 265 g/mol. The molecule has 5 heteroatoms. The molecule has 0 radical (unpaired) electrons. The lowest BCUT2D eigenvalue weighted by Crippen LogP contribution is -2.46. The molecule has 0 aromatic carbocycles. The molecule has 1 aromatic rings. The lowest BCUT2D eigenvalue weighted by molar-refractivity contribution is 0.0896. The van der Waals surface area contributed by atoms with Crippen LogP contribution in [0.1, 0.15) is 37.0 Å². The Morgan fingerprint density at radius 1 is 1.47 bits per heavy atom. The first-order valence-corrected chi connectivity index (χ1v) is 6.73. The molecule has 4 nitrogen and oxygen atoms in total. The van der Waals surface area contributed by atoms with E-state index in [2.05, 4.69) is 29.0 Å². The summed E-state index contributed by atoms with van der Waals surface area (Å²) in [6.07, 6.45) is 3.16. The first-order valence-electron chi connectivity index (χ1n) is 6.73. The van der Waals surface area contributed by atoms with Crippen molar-refractivity contribution >= 4 is 5.91 Å². The molecule has 2 rings (SSSR count). The monoisotopic (exact) mass is 265 g/mol. The maximum absolute atomic E-state index is 13.4. The lowest BCUT2D eigenvalue weighted by Gasteiger charge is -2.34. The van der Waals surface area contributed by atoms with Gasteiger partial charge in [-0.15, -0.1) is 0 Å². The summed E-state index contributed by atoms with van der Waals surface area (Å²) in [5.41, 5.74) is 0.0220. The van der Waals surface area contributed by atoms with E-state index in [1.54, 1.807) is 6.07 Å². The second kappa shape index (κ2) is 6.10. The van der Waals surface area contributed by atoms with Crippen molar-refractivity contribution in [2.75, 3.05) is 13.1 Å². The number of amides is 1. The number of aromatic nitrogens is 1. The summed E-state index contributed by atoms with van der Waals surface area (Å²) in [4.78, 5) is 17.8. The fraction of sp³-hybridized carbons (Fsp3) is 0.571. The van der Waals surface area contributed by atoms with Crippen LogP contribution in [0.3, 0.4) is 0 Å². The molecule has 104 valence electrons. The van der Waals surface area contributed by atoms with Crippen LogP contribution >= 0.6 is 0 Å². The second-order valence-electron chi connectivity index (χ2n) is 5.22. The highest BCUT2D eigenvalue weighted by Gasteiger charge is 2.23. The summed E-state index contributed by atoms with van der Waals surface area (Å²) in [6.45, 7) is 6.28. The van der Waals surface area contributed by atoms with E-state index in [1.165, 1.54) is 12.3 Å². The van der Waals surface area contributed by atoms with Gasteiger partial charge in [0.15, 0.2) is 0 Å². The Morgan fingerprint density at radius 2 is 2.16 bits per heavy atom. The summed E-state index contributed by atoms with van der Waals surface area (Å²) in [5.74, 6) is -1.08. The molecule has 0 saturated carbocycles. The van der Waals surface area contributed by atoms with Gasteiger partial charge in [-0.1, -0.05) is 0 Å². The third kappa shape index (κ3) is 3.50. The minimum absolute atomic E-state index is 0.0220. The van der Waals surface area contributed by atoms with Crippen molar-refractivity contribution in [1.29, 1.82) is 0 Å². The summed E-state index contributed by atoms with van der Waals surface area (Å²) in [7, 11) is 0. The fourth-order valence-corrected chi connectivity index (χ4v) is 2.38. The highest BCUT2D eigenvalue weighted by molar-refractivity contribution is 5.94. The minimum Gasteiger partial charge on any atom is -0.349 e. The maximum atomic E-state index is 13.4. The predicted octanol–water partition coefficient (Wildman–Crippen LogP) is 1.82. The fourth-order valence-electron chi connectivity index (χ4n) is 2.38. The third-order valence-electron chi connectivity index (χ3n) is 3.60. The Hall–Kier alpha value is -1.49. The van der Waals surface area contributed by atoms with Gasteiger partial charge in [0.1, 0.15) is 0 Å². The molecule has 0 bridgehead atoms. The van der Waals surface area contributed by atoms with Crippen LogP contribution in [0, 0.1) is 5.95 Å². The Balaban J connectivity index is 1.89. The van der Waals surface area contributed by atoms with E-state index < -0.39 is 5.95 Å². The number of hydrogen-bond donors (Lipinski definition) is 1. The molecule has 1 amide bonds. The van der Waals surface area contributed by atoms with Gasteiger partial charge in [0.25, 0.3) is 5.91 Å². The van der Waals surface area contributed by atoms with Crippen LogP contribution in [-0.2, 0) is 0 Å². The number of nitrogens with zero attached hydrogens (tertiary/aromatic N) is 2. The topological polar surface area (TPSA) is 45.2 Å². The Kier molecular flexibility index (Phi) is 4.47. The van der Waals surface area contributed by atoms with Crippen molar-refractivity contribution in [2.45, 2.75) is 38.8 Å². The maximum Gasteiger partial charge on any atom is 0.256 e. The quantitative estimate of drug-likeness (QED) is 0.848. The van der Waals surface area contributed by atoms with Crippen molar-refractivity contribution < 1.29 is 9.18 Å². The van der Waals surface area contributed by atoms with Gasteiger partial charge < -0.3 is 10.2 Å². The standard InChI is InChI=1S/C14H20FN3O/c1-10(2)18-8-5-11(6-9-18)17-14(19)12-4-3-7-16-13(12)15/h3-4,7,10-11H,5-6,8-9H2,1-2H3,(H,17,19). The molecule has 0 unspecified atom stereocenters. The van der Waals surface area contributed by atoms with Gasteiger partial charge >= 0.3 is 0 Å². The van der Waals surface area contributed by atoms with Gasteiger partial charge in [-0.2, -0.15) is 4.39 Å². The smallest absolute Gasteiger partial charge is 0.256 e. The highest BCUT2D eigenvalue weighted by atomic mass is 19.1. The summed E-state index contributed by atoms with van der Waals surface area (Å²) in [6, 6.07) is 3.69. The number of likely N-dealkylation sites (tertiary alicyclic amines) is 1. The van der Waals surface area contributed by atoms with Crippen LogP contribution in [0.2, 0.25) is 0 Å². The summed E-state index contributed by atoms with van der Waals surface area (Å²) < 4.78 is 13.4. The molecule has 1 saturated heterocycles. The first-order chi connectivity index (χ1) is 9.08. The molecular formula is C14H20FN3O. The number of nitrogens with one attached hydrogen (secondary N) is 1. The molecule has 1 aromatic heterocycles. The van der Waals surface area contributed by atoms with E-state index >= 15 is 0 Å². The van der Waals surface area contributed by atoms with Crippen LogP contribution in [-0.4, -0.2) is 41.0 Å². The van der Waals surface area contributed by atoms with Crippen molar-refractivity contribution in [3.05, 3.63) is 29.8 Å².